The van der Waals surface area contributed by atoms with E-state index in [0.29, 0.717) is 23.9 Å². The Labute approximate surface area is 250 Å². The number of nitrogens with zero attached hydrogens (tertiary/aromatic N) is 6. The zero-order valence-corrected chi connectivity index (χ0v) is 24.2. The molecule has 8 nitrogen and oxygen atoms in total. The molecule has 6 aliphatic rings. The van der Waals surface area contributed by atoms with E-state index >= 15 is 0 Å². The van der Waals surface area contributed by atoms with Gasteiger partial charge in [-0.15, -0.1) is 0 Å². The molecule has 4 aromatic heterocycles. The van der Waals surface area contributed by atoms with Crippen LogP contribution in [0.25, 0.3) is 22.5 Å². The number of aryl methyl sites for hydroxylation is 1. The molecule has 0 N–H and O–H groups in total. The molecule has 0 aromatic carbocycles. The number of carbonyl (C=O) groups excluding carboxylic acids is 2. The standard InChI is InChI=1S/C18H17N3O.C17H15N3O/c1-11-8-12(4-7-19-11)15-9-16-14(10-20-15)18(5-6-18)17(22)21(16)13-2-3-13;21-16-17(5-6-17)13-10-19-14(11-2-1-7-18-9-11)8-15(13)20(16)12-3-4-12/h4,7-10,13H,2-3,5-6H2,1H3;1-2,7-10,12H,3-6H2. The SMILES string of the molecule is Cc1cc(-c2cc3c(cn2)C2(CC2)C(=O)N3C2CC2)ccn1.O=C1N(C2CC2)c2cc(-c3cccnc3)ncc2C12CC2. The third-order valence-corrected chi connectivity index (χ3v) is 10.0. The van der Waals surface area contributed by atoms with Crippen molar-refractivity contribution in [3.8, 4) is 22.5 Å². The molecule has 0 unspecified atom stereocenters. The van der Waals surface area contributed by atoms with Gasteiger partial charge in [-0.1, -0.05) is 0 Å². The minimum Gasteiger partial charge on any atom is -0.308 e. The van der Waals surface area contributed by atoms with Crippen molar-refractivity contribution < 1.29 is 9.59 Å². The fraction of sp³-hybridized carbons (Fsp3) is 0.371. The Morgan fingerprint density at radius 1 is 0.674 bits per heavy atom. The highest BCUT2D eigenvalue weighted by Crippen LogP contribution is 2.60. The summed E-state index contributed by atoms with van der Waals surface area (Å²) in [6, 6.07) is 13.0. The maximum atomic E-state index is 12.8. The molecule has 0 bridgehead atoms. The molecule has 0 atom stereocenters. The van der Waals surface area contributed by atoms with Gasteiger partial charge in [0.15, 0.2) is 0 Å². The van der Waals surface area contributed by atoms with Gasteiger partial charge in [0.2, 0.25) is 11.8 Å². The van der Waals surface area contributed by atoms with E-state index in [-0.39, 0.29) is 10.8 Å². The van der Waals surface area contributed by atoms with Crippen LogP contribution in [0, 0.1) is 6.92 Å². The van der Waals surface area contributed by atoms with Crippen molar-refractivity contribution in [2.45, 2.75) is 81.2 Å². The lowest BCUT2D eigenvalue weighted by atomic mass is 9.99. The molecule has 43 heavy (non-hydrogen) atoms. The zero-order chi connectivity index (χ0) is 28.9. The lowest BCUT2D eigenvalue weighted by Gasteiger charge is -2.17. The molecular formula is C35H32N6O2. The first-order valence-electron chi connectivity index (χ1n) is 15.5. The van der Waals surface area contributed by atoms with Crippen molar-refractivity contribution in [1.82, 2.24) is 19.9 Å². The average molecular weight is 569 g/mol. The van der Waals surface area contributed by atoms with Crippen LogP contribution < -0.4 is 9.80 Å². The largest absolute Gasteiger partial charge is 0.308 e. The van der Waals surface area contributed by atoms with E-state index in [1.807, 2.05) is 60.9 Å². The summed E-state index contributed by atoms with van der Waals surface area (Å²) in [4.78, 5) is 47.3. The first-order valence-corrected chi connectivity index (χ1v) is 15.5. The van der Waals surface area contributed by atoms with Gasteiger partial charge in [0, 0.05) is 71.0 Å². The summed E-state index contributed by atoms with van der Waals surface area (Å²) >= 11 is 0. The van der Waals surface area contributed by atoms with Crippen LogP contribution in [0.2, 0.25) is 0 Å². The number of amides is 2. The lowest BCUT2D eigenvalue weighted by molar-refractivity contribution is -0.121. The maximum Gasteiger partial charge on any atom is 0.238 e. The Balaban J connectivity index is 0.000000121. The molecular weight excluding hydrogens is 536 g/mol. The summed E-state index contributed by atoms with van der Waals surface area (Å²) in [7, 11) is 0. The Morgan fingerprint density at radius 3 is 1.70 bits per heavy atom. The van der Waals surface area contributed by atoms with Gasteiger partial charge in [0.1, 0.15) is 0 Å². The highest BCUT2D eigenvalue weighted by molar-refractivity contribution is 6.12. The molecule has 2 amide bonds. The first-order chi connectivity index (χ1) is 21.0. The number of hydrogen-bond acceptors (Lipinski definition) is 6. The van der Waals surface area contributed by atoms with E-state index in [9.17, 15) is 9.59 Å². The molecule has 6 heterocycles. The quantitative estimate of drug-likeness (QED) is 0.315. The fourth-order valence-corrected chi connectivity index (χ4v) is 7.08. The summed E-state index contributed by atoms with van der Waals surface area (Å²) in [6.07, 6.45) is 17.7. The summed E-state index contributed by atoms with van der Waals surface area (Å²) in [5.74, 6) is 0.625. The number of pyridine rings is 4. The number of anilines is 2. The average Bonchev–Trinajstić information content (AvgIpc) is 3.86. The van der Waals surface area contributed by atoms with Crippen LogP contribution in [0.1, 0.15) is 68.2 Å². The smallest absolute Gasteiger partial charge is 0.238 e. The zero-order valence-electron chi connectivity index (χ0n) is 24.2. The predicted molar refractivity (Wildman–Crippen MR) is 163 cm³/mol. The molecule has 2 aliphatic heterocycles. The topological polar surface area (TPSA) is 92.2 Å². The van der Waals surface area contributed by atoms with Crippen molar-refractivity contribution in [1.29, 1.82) is 0 Å². The summed E-state index contributed by atoms with van der Waals surface area (Å²) in [6.45, 7) is 1.98. The van der Waals surface area contributed by atoms with Gasteiger partial charge in [-0.05, 0) is 94.7 Å². The maximum absolute atomic E-state index is 12.8. The molecule has 214 valence electrons. The number of fused-ring (bicyclic) bond motifs is 4. The van der Waals surface area contributed by atoms with Crippen LogP contribution in [0.4, 0.5) is 11.4 Å². The van der Waals surface area contributed by atoms with Crippen LogP contribution >= 0.6 is 0 Å². The van der Waals surface area contributed by atoms with Gasteiger partial charge in [-0.3, -0.25) is 29.5 Å². The van der Waals surface area contributed by atoms with Gasteiger partial charge in [0.05, 0.1) is 33.6 Å². The molecule has 4 aromatic rings. The van der Waals surface area contributed by atoms with Crippen LogP contribution in [0.15, 0.2) is 67.4 Å². The van der Waals surface area contributed by atoms with Crippen molar-refractivity contribution in [3.05, 3.63) is 84.2 Å². The Hall–Kier alpha value is -4.46. The second-order valence-electron chi connectivity index (χ2n) is 13.1. The summed E-state index contributed by atoms with van der Waals surface area (Å²) in [5, 5.41) is 0. The molecule has 4 aliphatic carbocycles. The van der Waals surface area contributed by atoms with Crippen LogP contribution in [0.3, 0.4) is 0 Å². The second kappa shape index (κ2) is 8.78. The highest BCUT2D eigenvalue weighted by atomic mass is 16.2. The van der Waals surface area contributed by atoms with Crippen molar-refractivity contribution in [2.24, 2.45) is 0 Å². The molecule has 0 saturated heterocycles. The van der Waals surface area contributed by atoms with Crippen molar-refractivity contribution >= 4 is 23.2 Å². The number of carbonyl (C=O) groups is 2. The summed E-state index contributed by atoms with van der Waals surface area (Å²) in [5.41, 5.74) is 8.92. The number of hydrogen-bond donors (Lipinski definition) is 0. The summed E-state index contributed by atoms with van der Waals surface area (Å²) < 4.78 is 0. The third kappa shape index (κ3) is 3.81. The Bertz CT molecular complexity index is 1820. The number of aromatic nitrogens is 4. The molecule has 0 radical (unpaired) electrons. The monoisotopic (exact) mass is 568 g/mol. The molecule has 4 fully saturated rings. The van der Waals surface area contributed by atoms with Gasteiger partial charge in [0.25, 0.3) is 0 Å². The second-order valence-corrected chi connectivity index (χ2v) is 13.1. The van der Waals surface area contributed by atoms with E-state index in [2.05, 4.69) is 37.0 Å². The van der Waals surface area contributed by atoms with E-state index in [0.717, 1.165) is 102 Å². The van der Waals surface area contributed by atoms with Gasteiger partial charge in [-0.2, -0.15) is 0 Å². The van der Waals surface area contributed by atoms with E-state index in [4.69, 9.17) is 0 Å². The van der Waals surface area contributed by atoms with Crippen LogP contribution in [-0.4, -0.2) is 43.8 Å². The molecule has 8 heteroatoms. The van der Waals surface area contributed by atoms with E-state index < -0.39 is 0 Å². The normalized spacial score (nSPS) is 21.5. The Kier molecular flexibility index (Phi) is 5.12. The minimum absolute atomic E-state index is 0.224. The van der Waals surface area contributed by atoms with Crippen molar-refractivity contribution in [3.63, 3.8) is 0 Å². The number of rotatable bonds is 4. The first kappa shape index (κ1) is 25.1. The van der Waals surface area contributed by atoms with E-state index in [1.54, 1.807) is 6.20 Å². The fourth-order valence-electron chi connectivity index (χ4n) is 7.08. The molecule has 2 spiro atoms. The third-order valence-electron chi connectivity index (χ3n) is 10.0. The van der Waals surface area contributed by atoms with Crippen molar-refractivity contribution in [2.75, 3.05) is 9.80 Å². The minimum atomic E-state index is -0.225. The predicted octanol–water partition coefficient (Wildman–Crippen LogP) is 5.68. The van der Waals surface area contributed by atoms with Gasteiger partial charge in [-0.25, -0.2) is 0 Å². The van der Waals surface area contributed by atoms with Crippen LogP contribution in [-0.2, 0) is 20.4 Å². The van der Waals surface area contributed by atoms with Gasteiger partial charge >= 0.3 is 0 Å². The highest BCUT2D eigenvalue weighted by Gasteiger charge is 2.62. The Morgan fingerprint density at radius 2 is 1.23 bits per heavy atom. The molecule has 4 saturated carbocycles. The van der Waals surface area contributed by atoms with Gasteiger partial charge < -0.3 is 9.80 Å². The van der Waals surface area contributed by atoms with E-state index in [1.165, 1.54) is 0 Å². The lowest BCUT2D eigenvalue weighted by Crippen LogP contribution is -2.33. The van der Waals surface area contributed by atoms with Crippen LogP contribution in [0.5, 0.6) is 0 Å². The molecule has 10 rings (SSSR count).